The number of nitrogens with zero attached hydrogens (tertiary/aromatic N) is 2. The minimum atomic E-state index is -0.441. The SMILES string of the molecule is CCC(C)[C@@H]1N=C(c2ccccn2)c2cc(Cl)ccc2NC1=O. The highest BCUT2D eigenvalue weighted by Gasteiger charge is 2.29. The summed E-state index contributed by atoms with van der Waals surface area (Å²) in [5.41, 5.74) is 2.96. The first-order chi connectivity index (χ1) is 11.1. The number of amides is 1. The van der Waals surface area contributed by atoms with E-state index in [-0.39, 0.29) is 11.8 Å². The first-order valence-corrected chi connectivity index (χ1v) is 8.08. The van der Waals surface area contributed by atoms with Gasteiger partial charge < -0.3 is 5.32 Å². The van der Waals surface area contributed by atoms with Gasteiger partial charge in [0, 0.05) is 16.8 Å². The molecule has 1 aromatic heterocycles. The highest BCUT2D eigenvalue weighted by molar-refractivity contribution is 6.31. The van der Waals surface area contributed by atoms with Crippen molar-refractivity contribution in [2.24, 2.45) is 10.9 Å². The smallest absolute Gasteiger partial charge is 0.249 e. The molecule has 1 N–H and O–H groups in total. The second kappa shape index (κ2) is 6.50. The quantitative estimate of drug-likeness (QED) is 0.928. The second-order valence-corrected chi connectivity index (χ2v) is 6.14. The molecule has 1 aromatic carbocycles. The fourth-order valence-electron chi connectivity index (χ4n) is 2.61. The summed E-state index contributed by atoms with van der Waals surface area (Å²) < 4.78 is 0. The van der Waals surface area contributed by atoms with E-state index in [9.17, 15) is 4.79 Å². The van der Waals surface area contributed by atoms with E-state index in [0.29, 0.717) is 10.7 Å². The van der Waals surface area contributed by atoms with Crippen LogP contribution in [0.2, 0.25) is 5.02 Å². The number of fused-ring (bicyclic) bond motifs is 1. The van der Waals surface area contributed by atoms with Gasteiger partial charge in [0.1, 0.15) is 6.04 Å². The fourth-order valence-corrected chi connectivity index (χ4v) is 2.78. The van der Waals surface area contributed by atoms with Gasteiger partial charge in [0.05, 0.1) is 17.1 Å². The van der Waals surface area contributed by atoms with Crippen molar-refractivity contribution in [1.29, 1.82) is 0 Å². The number of halogens is 1. The van der Waals surface area contributed by atoms with Crippen molar-refractivity contribution in [3.8, 4) is 0 Å². The van der Waals surface area contributed by atoms with Crippen LogP contribution in [0, 0.1) is 5.92 Å². The maximum atomic E-state index is 12.6. The van der Waals surface area contributed by atoms with E-state index < -0.39 is 6.04 Å². The van der Waals surface area contributed by atoms with Gasteiger partial charge in [-0.15, -0.1) is 0 Å². The van der Waals surface area contributed by atoms with E-state index in [1.54, 1.807) is 12.3 Å². The number of pyridine rings is 1. The Morgan fingerprint density at radius 2 is 2.13 bits per heavy atom. The standard InChI is InChI=1S/C18H18ClN3O/c1-3-11(2)16-18(23)21-14-8-7-12(19)10-13(14)17(22-16)15-6-4-5-9-20-15/h4-11,16H,3H2,1-2H3,(H,21,23)/t11?,16-/m0/s1. The summed E-state index contributed by atoms with van der Waals surface area (Å²) in [5.74, 6) is 0.0485. The average Bonchev–Trinajstić information content (AvgIpc) is 2.71. The predicted molar refractivity (Wildman–Crippen MR) is 93.2 cm³/mol. The normalized spacial score (nSPS) is 18.5. The molecule has 0 bridgehead atoms. The summed E-state index contributed by atoms with van der Waals surface area (Å²) in [5, 5.41) is 3.58. The molecule has 1 unspecified atom stereocenters. The van der Waals surface area contributed by atoms with Crippen molar-refractivity contribution in [2.45, 2.75) is 26.3 Å². The Morgan fingerprint density at radius 3 is 2.83 bits per heavy atom. The number of anilines is 1. The molecule has 3 rings (SSSR count). The van der Waals surface area contributed by atoms with E-state index in [2.05, 4.69) is 17.2 Å². The lowest BCUT2D eigenvalue weighted by molar-refractivity contribution is -0.118. The highest BCUT2D eigenvalue weighted by Crippen LogP contribution is 2.28. The van der Waals surface area contributed by atoms with Crippen LogP contribution < -0.4 is 5.32 Å². The zero-order valence-electron chi connectivity index (χ0n) is 13.1. The molecule has 118 valence electrons. The summed E-state index contributed by atoms with van der Waals surface area (Å²) in [6.07, 6.45) is 2.59. The molecule has 2 atom stereocenters. The summed E-state index contributed by atoms with van der Waals surface area (Å²) in [7, 11) is 0. The number of carbonyl (C=O) groups excluding carboxylic acids is 1. The third kappa shape index (κ3) is 3.13. The molecular formula is C18H18ClN3O. The molecular weight excluding hydrogens is 310 g/mol. The van der Waals surface area contributed by atoms with Gasteiger partial charge in [-0.2, -0.15) is 0 Å². The number of benzodiazepines with no additional fused rings is 1. The molecule has 1 aliphatic heterocycles. The molecule has 4 nitrogen and oxygen atoms in total. The van der Waals surface area contributed by atoms with Crippen molar-refractivity contribution >= 4 is 28.9 Å². The molecule has 0 saturated heterocycles. The Balaban J connectivity index is 2.21. The fraction of sp³-hybridized carbons (Fsp3) is 0.278. The molecule has 0 fully saturated rings. The number of hydrogen-bond donors (Lipinski definition) is 1. The molecule has 5 heteroatoms. The summed E-state index contributed by atoms with van der Waals surface area (Å²) in [4.78, 5) is 21.7. The van der Waals surface area contributed by atoms with Gasteiger partial charge in [0.15, 0.2) is 0 Å². The first kappa shape index (κ1) is 15.7. The van der Waals surface area contributed by atoms with Crippen LogP contribution in [-0.2, 0) is 4.79 Å². The van der Waals surface area contributed by atoms with Crippen molar-refractivity contribution in [2.75, 3.05) is 5.32 Å². The number of benzene rings is 1. The van der Waals surface area contributed by atoms with Crippen LogP contribution in [0.3, 0.4) is 0 Å². The van der Waals surface area contributed by atoms with E-state index in [1.807, 2.05) is 37.3 Å². The maximum Gasteiger partial charge on any atom is 0.249 e. The number of hydrogen-bond acceptors (Lipinski definition) is 3. The minimum Gasteiger partial charge on any atom is -0.324 e. The van der Waals surface area contributed by atoms with Gasteiger partial charge in [-0.1, -0.05) is 37.9 Å². The maximum absolute atomic E-state index is 12.6. The molecule has 1 amide bonds. The lowest BCUT2D eigenvalue weighted by Gasteiger charge is -2.16. The van der Waals surface area contributed by atoms with Crippen LogP contribution >= 0.6 is 11.6 Å². The summed E-state index contributed by atoms with van der Waals surface area (Å²) in [6.45, 7) is 4.09. The van der Waals surface area contributed by atoms with Crippen LogP contribution in [0.1, 0.15) is 31.5 Å². The summed E-state index contributed by atoms with van der Waals surface area (Å²) >= 11 is 6.16. The van der Waals surface area contributed by atoms with Gasteiger partial charge in [-0.05, 0) is 36.2 Å². The highest BCUT2D eigenvalue weighted by atomic mass is 35.5. The minimum absolute atomic E-state index is 0.0890. The number of nitrogens with one attached hydrogen (secondary N) is 1. The van der Waals surface area contributed by atoms with Gasteiger partial charge in [0.2, 0.25) is 5.91 Å². The lowest BCUT2D eigenvalue weighted by atomic mass is 9.99. The third-order valence-electron chi connectivity index (χ3n) is 4.12. The third-order valence-corrected chi connectivity index (χ3v) is 4.36. The Labute approximate surface area is 140 Å². The molecule has 1 aliphatic rings. The topological polar surface area (TPSA) is 54.4 Å². The van der Waals surface area contributed by atoms with Gasteiger partial charge in [0.25, 0.3) is 0 Å². The Bertz CT molecular complexity index is 758. The summed E-state index contributed by atoms with van der Waals surface area (Å²) in [6, 6.07) is 10.6. The molecule has 0 spiro atoms. The Morgan fingerprint density at radius 1 is 1.30 bits per heavy atom. The Kier molecular flexibility index (Phi) is 4.44. The number of rotatable bonds is 3. The molecule has 0 aliphatic carbocycles. The van der Waals surface area contributed by atoms with Crippen LogP contribution in [0.15, 0.2) is 47.6 Å². The van der Waals surface area contributed by atoms with Crippen molar-refractivity contribution in [3.63, 3.8) is 0 Å². The van der Waals surface area contributed by atoms with Crippen LogP contribution in [0.5, 0.6) is 0 Å². The van der Waals surface area contributed by atoms with E-state index >= 15 is 0 Å². The average molecular weight is 328 g/mol. The number of aromatic nitrogens is 1. The molecule has 2 aromatic rings. The van der Waals surface area contributed by atoms with E-state index in [4.69, 9.17) is 16.6 Å². The molecule has 0 radical (unpaired) electrons. The monoisotopic (exact) mass is 327 g/mol. The second-order valence-electron chi connectivity index (χ2n) is 5.70. The zero-order chi connectivity index (χ0) is 16.4. The van der Waals surface area contributed by atoms with Crippen LogP contribution in [0.25, 0.3) is 0 Å². The van der Waals surface area contributed by atoms with Gasteiger partial charge in [-0.25, -0.2) is 0 Å². The number of carbonyl (C=O) groups is 1. The van der Waals surface area contributed by atoms with Crippen LogP contribution in [0.4, 0.5) is 5.69 Å². The predicted octanol–water partition coefficient (Wildman–Crippen LogP) is 3.94. The van der Waals surface area contributed by atoms with E-state index in [1.165, 1.54) is 0 Å². The van der Waals surface area contributed by atoms with Gasteiger partial charge >= 0.3 is 0 Å². The largest absolute Gasteiger partial charge is 0.324 e. The zero-order valence-corrected chi connectivity index (χ0v) is 13.8. The molecule has 2 heterocycles. The van der Waals surface area contributed by atoms with E-state index in [0.717, 1.165) is 23.4 Å². The molecule has 23 heavy (non-hydrogen) atoms. The first-order valence-electron chi connectivity index (χ1n) is 7.70. The van der Waals surface area contributed by atoms with Crippen LogP contribution in [-0.4, -0.2) is 22.6 Å². The lowest BCUT2D eigenvalue weighted by Crippen LogP contribution is -2.31. The number of aliphatic imine (C=N–C) groups is 1. The Hall–Kier alpha value is -2.20. The van der Waals surface area contributed by atoms with Crippen molar-refractivity contribution < 1.29 is 4.79 Å². The molecule has 0 saturated carbocycles. The van der Waals surface area contributed by atoms with Crippen molar-refractivity contribution in [3.05, 3.63) is 58.9 Å². The van der Waals surface area contributed by atoms with Crippen molar-refractivity contribution in [1.82, 2.24) is 4.98 Å². The van der Waals surface area contributed by atoms with Gasteiger partial charge in [-0.3, -0.25) is 14.8 Å².